The molecule has 5 nitrogen and oxygen atoms in total. The highest BCUT2D eigenvalue weighted by Crippen LogP contribution is 2.29. The topological polar surface area (TPSA) is 64.8 Å². The van der Waals surface area contributed by atoms with Gasteiger partial charge in [-0.2, -0.15) is 0 Å². The Bertz CT molecular complexity index is 287. The van der Waals surface area contributed by atoms with Crippen LogP contribution in [0.5, 0.6) is 0 Å². The molecule has 0 aromatic heterocycles. The van der Waals surface area contributed by atoms with Crippen LogP contribution in [0, 0.1) is 0 Å². The molecule has 2 bridgehead atoms. The Balaban J connectivity index is 2.07. The zero-order chi connectivity index (χ0) is 11.9. The minimum atomic E-state index is -0.459. The van der Waals surface area contributed by atoms with Crippen molar-refractivity contribution in [1.29, 1.82) is 0 Å². The summed E-state index contributed by atoms with van der Waals surface area (Å²) in [5.74, 6) is 0. The van der Waals surface area contributed by atoms with Crippen LogP contribution >= 0.6 is 0 Å². The van der Waals surface area contributed by atoms with Crippen molar-refractivity contribution >= 4 is 6.09 Å². The molecule has 2 heterocycles. The van der Waals surface area contributed by atoms with E-state index in [1.807, 2.05) is 20.8 Å². The van der Waals surface area contributed by atoms with Gasteiger partial charge >= 0.3 is 6.09 Å². The maximum atomic E-state index is 12.0. The lowest BCUT2D eigenvalue weighted by Crippen LogP contribution is -2.53. The van der Waals surface area contributed by atoms with E-state index < -0.39 is 5.60 Å². The maximum absolute atomic E-state index is 12.0. The van der Waals surface area contributed by atoms with Crippen LogP contribution in [0.1, 0.15) is 27.2 Å². The summed E-state index contributed by atoms with van der Waals surface area (Å²) < 4.78 is 10.8. The molecule has 0 aromatic carbocycles. The van der Waals surface area contributed by atoms with E-state index in [-0.39, 0.29) is 24.2 Å². The predicted octanol–water partition coefficient (Wildman–Crippen LogP) is 0.722. The van der Waals surface area contributed by atoms with Gasteiger partial charge < -0.3 is 15.2 Å². The number of ether oxygens (including phenoxy) is 2. The molecule has 2 aliphatic rings. The predicted molar refractivity (Wildman–Crippen MR) is 59.1 cm³/mol. The van der Waals surface area contributed by atoms with E-state index in [0.717, 1.165) is 6.42 Å². The Kier molecular flexibility index (Phi) is 2.84. The van der Waals surface area contributed by atoms with Crippen molar-refractivity contribution in [3.63, 3.8) is 0 Å². The summed E-state index contributed by atoms with van der Waals surface area (Å²) in [6, 6.07) is 0.0808. The second-order valence-electron chi connectivity index (χ2n) is 5.55. The standard InChI is InChI=1S/C11H20N2O3/c1-11(2,3)16-10(14)13-7-4-8(12)9(13)6-15-5-7/h7-9H,4-6,12H2,1-3H3. The molecular formula is C11H20N2O3. The van der Waals surface area contributed by atoms with Crippen molar-refractivity contribution in [3.8, 4) is 0 Å². The first-order chi connectivity index (χ1) is 7.38. The second-order valence-corrected chi connectivity index (χ2v) is 5.55. The van der Waals surface area contributed by atoms with E-state index >= 15 is 0 Å². The van der Waals surface area contributed by atoms with E-state index in [4.69, 9.17) is 15.2 Å². The lowest BCUT2D eigenvalue weighted by molar-refractivity contribution is -0.0380. The van der Waals surface area contributed by atoms with E-state index in [1.165, 1.54) is 0 Å². The molecule has 5 heteroatoms. The monoisotopic (exact) mass is 228 g/mol. The summed E-state index contributed by atoms with van der Waals surface area (Å²) in [6.45, 7) is 6.70. The molecule has 2 N–H and O–H groups in total. The Labute approximate surface area is 95.9 Å². The lowest BCUT2D eigenvalue weighted by Gasteiger charge is -2.36. The second kappa shape index (κ2) is 3.89. The Morgan fingerprint density at radius 1 is 1.44 bits per heavy atom. The van der Waals surface area contributed by atoms with Gasteiger partial charge in [-0.3, -0.25) is 4.90 Å². The van der Waals surface area contributed by atoms with Gasteiger partial charge in [-0.05, 0) is 27.2 Å². The SMILES string of the molecule is CC(C)(C)OC(=O)N1C2COCC1C(N)C2. The molecule has 2 saturated heterocycles. The van der Waals surface area contributed by atoms with Crippen LogP contribution in [0.3, 0.4) is 0 Å². The van der Waals surface area contributed by atoms with Crippen LogP contribution in [0.15, 0.2) is 0 Å². The highest BCUT2D eigenvalue weighted by atomic mass is 16.6. The highest BCUT2D eigenvalue weighted by molar-refractivity contribution is 5.70. The summed E-state index contributed by atoms with van der Waals surface area (Å²) in [6.07, 6.45) is 0.544. The third-order valence-corrected chi connectivity index (χ3v) is 2.99. The van der Waals surface area contributed by atoms with E-state index in [1.54, 1.807) is 4.90 Å². The molecule has 0 saturated carbocycles. The lowest BCUT2D eigenvalue weighted by atomic mass is 10.1. The number of hydrogen-bond acceptors (Lipinski definition) is 4. The molecule has 0 aromatic rings. The third kappa shape index (κ3) is 2.15. The number of hydrogen-bond donors (Lipinski definition) is 1. The van der Waals surface area contributed by atoms with Crippen molar-refractivity contribution in [1.82, 2.24) is 4.90 Å². The molecule has 16 heavy (non-hydrogen) atoms. The first-order valence-electron chi connectivity index (χ1n) is 5.73. The fourth-order valence-electron chi connectivity index (χ4n) is 2.34. The van der Waals surface area contributed by atoms with Crippen LogP contribution < -0.4 is 5.73 Å². The number of amides is 1. The molecule has 3 atom stereocenters. The van der Waals surface area contributed by atoms with Gasteiger partial charge in [0.1, 0.15) is 5.60 Å². The van der Waals surface area contributed by atoms with Crippen molar-refractivity contribution in [2.24, 2.45) is 5.73 Å². The van der Waals surface area contributed by atoms with Crippen LogP contribution in [0.25, 0.3) is 0 Å². The smallest absolute Gasteiger partial charge is 0.411 e. The average Bonchev–Trinajstić information content (AvgIpc) is 2.31. The first kappa shape index (κ1) is 11.7. The molecular weight excluding hydrogens is 208 g/mol. The van der Waals surface area contributed by atoms with Gasteiger partial charge in [0.15, 0.2) is 0 Å². The van der Waals surface area contributed by atoms with Gasteiger partial charge in [0, 0.05) is 6.04 Å². The zero-order valence-corrected chi connectivity index (χ0v) is 10.1. The Hall–Kier alpha value is -0.810. The van der Waals surface area contributed by atoms with Gasteiger partial charge in [-0.25, -0.2) is 4.79 Å². The van der Waals surface area contributed by atoms with E-state index in [9.17, 15) is 4.79 Å². The molecule has 0 spiro atoms. The number of rotatable bonds is 0. The minimum absolute atomic E-state index is 0.0139. The van der Waals surface area contributed by atoms with Crippen molar-refractivity contribution in [3.05, 3.63) is 0 Å². The Morgan fingerprint density at radius 3 is 2.69 bits per heavy atom. The minimum Gasteiger partial charge on any atom is -0.444 e. The quantitative estimate of drug-likeness (QED) is 0.663. The fourth-order valence-corrected chi connectivity index (χ4v) is 2.34. The fraction of sp³-hybridized carbons (Fsp3) is 0.909. The van der Waals surface area contributed by atoms with Crippen LogP contribution in [-0.4, -0.2) is 47.9 Å². The van der Waals surface area contributed by atoms with Gasteiger partial charge in [0.25, 0.3) is 0 Å². The van der Waals surface area contributed by atoms with Crippen LogP contribution in [-0.2, 0) is 9.47 Å². The molecule has 92 valence electrons. The largest absolute Gasteiger partial charge is 0.444 e. The Morgan fingerprint density at radius 2 is 2.12 bits per heavy atom. The summed E-state index contributed by atoms with van der Waals surface area (Å²) >= 11 is 0. The van der Waals surface area contributed by atoms with Crippen LogP contribution in [0.2, 0.25) is 0 Å². The summed E-state index contributed by atoms with van der Waals surface area (Å²) in [4.78, 5) is 13.8. The molecule has 2 fully saturated rings. The first-order valence-corrected chi connectivity index (χ1v) is 5.73. The molecule has 2 aliphatic heterocycles. The van der Waals surface area contributed by atoms with Crippen molar-refractivity contribution in [2.45, 2.75) is 50.9 Å². The molecule has 2 rings (SSSR count). The zero-order valence-electron chi connectivity index (χ0n) is 10.1. The number of carbonyl (C=O) groups is 1. The summed E-state index contributed by atoms with van der Waals surface area (Å²) in [5.41, 5.74) is 5.52. The maximum Gasteiger partial charge on any atom is 0.411 e. The molecule has 1 amide bonds. The van der Waals surface area contributed by atoms with Crippen molar-refractivity contribution in [2.75, 3.05) is 13.2 Å². The average molecular weight is 228 g/mol. The summed E-state index contributed by atoms with van der Waals surface area (Å²) in [5, 5.41) is 0. The van der Waals surface area contributed by atoms with Gasteiger partial charge in [-0.1, -0.05) is 0 Å². The van der Waals surface area contributed by atoms with Crippen LogP contribution in [0.4, 0.5) is 4.79 Å². The normalized spacial score (nSPS) is 34.0. The number of nitrogens with zero attached hydrogens (tertiary/aromatic N) is 1. The highest BCUT2D eigenvalue weighted by Gasteiger charge is 2.46. The number of fused-ring (bicyclic) bond motifs is 2. The molecule has 3 unspecified atom stereocenters. The van der Waals surface area contributed by atoms with E-state index in [2.05, 4.69) is 0 Å². The molecule has 0 aliphatic carbocycles. The number of carbonyl (C=O) groups excluding carboxylic acids is 1. The molecule has 0 radical (unpaired) electrons. The van der Waals surface area contributed by atoms with E-state index in [0.29, 0.717) is 13.2 Å². The van der Waals surface area contributed by atoms with Gasteiger partial charge in [0.2, 0.25) is 0 Å². The van der Waals surface area contributed by atoms with Crippen molar-refractivity contribution < 1.29 is 14.3 Å². The van der Waals surface area contributed by atoms with Gasteiger partial charge in [0.05, 0.1) is 25.3 Å². The summed E-state index contributed by atoms with van der Waals surface area (Å²) in [7, 11) is 0. The van der Waals surface area contributed by atoms with Gasteiger partial charge in [-0.15, -0.1) is 0 Å². The number of morpholine rings is 1. The number of nitrogens with two attached hydrogens (primary N) is 1. The third-order valence-electron chi connectivity index (χ3n) is 2.99.